The second-order valence-electron chi connectivity index (χ2n) is 9.21. The largest absolute Gasteiger partial charge is 0.497 e. The van der Waals surface area contributed by atoms with Gasteiger partial charge in [-0.2, -0.15) is 0 Å². The van der Waals surface area contributed by atoms with E-state index in [0.717, 1.165) is 41.6 Å². The second kappa shape index (κ2) is 10.6. The molecule has 0 radical (unpaired) electrons. The van der Waals surface area contributed by atoms with Crippen LogP contribution in [0.4, 0.5) is 0 Å². The third-order valence-corrected chi connectivity index (χ3v) is 6.31. The Kier molecular flexibility index (Phi) is 7.53. The first-order chi connectivity index (χ1) is 16.4. The molecule has 1 aliphatic carbocycles. The van der Waals surface area contributed by atoms with Crippen LogP contribution < -0.4 is 25.4 Å². The fourth-order valence-corrected chi connectivity index (χ4v) is 4.30. The summed E-state index contributed by atoms with van der Waals surface area (Å²) in [5, 5.41) is 20.3. The number of aromatic nitrogens is 1. The van der Waals surface area contributed by atoms with Crippen molar-refractivity contribution in [1.82, 2.24) is 20.9 Å². The number of rotatable bonds is 10. The Bertz CT molecular complexity index is 1040. The molecule has 2 fully saturated rings. The fraction of sp³-hybridized carbons (Fsp3) is 0.560. The summed E-state index contributed by atoms with van der Waals surface area (Å²) in [6.07, 6.45) is 2.16. The summed E-state index contributed by atoms with van der Waals surface area (Å²) in [4.78, 5) is 29.8. The zero-order chi connectivity index (χ0) is 24.2. The van der Waals surface area contributed by atoms with Crippen molar-refractivity contribution in [3.63, 3.8) is 0 Å². The summed E-state index contributed by atoms with van der Waals surface area (Å²) in [6.45, 7) is 4.38. The highest BCUT2D eigenvalue weighted by molar-refractivity contribution is 5.87. The molecule has 2 amide bonds. The number of aryl methyl sites for hydroxylation is 1. The first-order valence-corrected chi connectivity index (χ1v) is 12.0. The van der Waals surface area contributed by atoms with Crippen molar-refractivity contribution in [2.45, 2.75) is 76.3 Å². The highest BCUT2D eigenvalue weighted by Crippen LogP contribution is 2.30. The maximum atomic E-state index is 12.9. The van der Waals surface area contributed by atoms with Crippen molar-refractivity contribution in [3.05, 3.63) is 30.0 Å². The van der Waals surface area contributed by atoms with Crippen LogP contribution in [0.25, 0.3) is 10.9 Å². The van der Waals surface area contributed by atoms with Crippen LogP contribution >= 0.6 is 0 Å². The van der Waals surface area contributed by atoms with E-state index >= 15 is 0 Å². The number of hydrogen-bond donors (Lipinski definition) is 4. The van der Waals surface area contributed by atoms with Crippen LogP contribution in [0.2, 0.25) is 0 Å². The monoisotopic (exact) mass is 470 g/mol. The van der Waals surface area contributed by atoms with Crippen molar-refractivity contribution < 1.29 is 24.2 Å². The fourth-order valence-electron chi connectivity index (χ4n) is 4.30. The van der Waals surface area contributed by atoms with Crippen LogP contribution in [0.15, 0.2) is 24.3 Å². The molecule has 1 saturated carbocycles. The average molecular weight is 471 g/mol. The number of carbonyl (C=O) groups is 2. The number of carbonyl (C=O) groups excluding carboxylic acids is 2. The van der Waals surface area contributed by atoms with Gasteiger partial charge < -0.3 is 30.5 Å². The number of amides is 2. The predicted molar refractivity (Wildman–Crippen MR) is 128 cm³/mol. The molecule has 4 rings (SSSR count). The van der Waals surface area contributed by atoms with Crippen LogP contribution in [-0.2, 0) is 9.59 Å². The minimum Gasteiger partial charge on any atom is -0.497 e. The van der Waals surface area contributed by atoms with Gasteiger partial charge in [0, 0.05) is 42.2 Å². The van der Waals surface area contributed by atoms with Crippen LogP contribution in [0, 0.1) is 6.92 Å². The van der Waals surface area contributed by atoms with Crippen molar-refractivity contribution in [2.24, 2.45) is 0 Å². The number of methoxy groups -OCH3 is 1. The minimum absolute atomic E-state index is 0.156. The molecule has 9 nitrogen and oxygen atoms in total. The molecule has 0 spiro atoms. The Hall–Kier alpha value is -2.91. The highest BCUT2D eigenvalue weighted by Gasteiger charge is 2.35. The molecule has 1 aromatic heterocycles. The van der Waals surface area contributed by atoms with E-state index in [-0.39, 0.29) is 18.1 Å². The minimum atomic E-state index is -1.26. The lowest BCUT2D eigenvalue weighted by Crippen LogP contribution is -2.54. The molecule has 2 heterocycles. The molecule has 2 aliphatic rings. The summed E-state index contributed by atoms with van der Waals surface area (Å²) in [7, 11) is 1.62. The molecule has 2 aromatic rings. The maximum Gasteiger partial charge on any atom is 0.251 e. The Balaban J connectivity index is 1.38. The smallest absolute Gasteiger partial charge is 0.251 e. The highest BCUT2D eigenvalue weighted by atomic mass is 16.5. The van der Waals surface area contributed by atoms with Gasteiger partial charge in [-0.25, -0.2) is 0 Å². The molecule has 34 heavy (non-hydrogen) atoms. The van der Waals surface area contributed by atoms with Crippen molar-refractivity contribution in [2.75, 3.05) is 13.7 Å². The summed E-state index contributed by atoms with van der Waals surface area (Å²) in [5.41, 5.74) is 1.62. The summed E-state index contributed by atoms with van der Waals surface area (Å²) in [5.74, 6) is 0.793. The van der Waals surface area contributed by atoms with Gasteiger partial charge in [0.1, 0.15) is 17.6 Å². The van der Waals surface area contributed by atoms with Gasteiger partial charge in [0.2, 0.25) is 5.91 Å². The van der Waals surface area contributed by atoms with Crippen molar-refractivity contribution >= 4 is 22.7 Å². The first kappa shape index (κ1) is 24.2. The van der Waals surface area contributed by atoms with Crippen LogP contribution in [0.3, 0.4) is 0 Å². The molecule has 1 aromatic carbocycles. The van der Waals surface area contributed by atoms with Gasteiger partial charge in [-0.1, -0.05) is 13.3 Å². The Morgan fingerprint density at radius 3 is 2.79 bits per heavy atom. The lowest BCUT2D eigenvalue weighted by atomic mass is 10.0. The zero-order valence-electron chi connectivity index (χ0n) is 20.0. The standard InChI is InChI=1S/C25H34N4O5/c1-4-5-19(23(30)25(32)28-15-6-7-15)29-24(31)21-12-17(13-26-21)34-22-10-14(2)27-20-11-16(33-3)8-9-18(20)22/h8-11,15,17,19,21,23,26,30H,4-7,12-13H2,1-3H3,(H,28,32)(H,29,31)/t17?,19-,21-,23?/m0/s1. The van der Waals surface area contributed by atoms with E-state index in [1.165, 1.54) is 0 Å². The SMILES string of the molecule is CCC[C@H](NC(=O)[C@@H]1CC(Oc2cc(C)nc3cc(OC)ccc23)CN1)C(O)C(=O)NC1CC1. The third kappa shape index (κ3) is 5.77. The maximum absolute atomic E-state index is 12.9. The molecule has 9 heteroatoms. The lowest BCUT2D eigenvalue weighted by Gasteiger charge is -2.24. The number of ether oxygens (including phenoxy) is 2. The van der Waals surface area contributed by atoms with Gasteiger partial charge in [-0.05, 0) is 38.3 Å². The van der Waals surface area contributed by atoms with Gasteiger partial charge in [0.25, 0.3) is 5.91 Å². The number of nitrogens with zero attached hydrogens (tertiary/aromatic N) is 1. The summed E-state index contributed by atoms with van der Waals surface area (Å²) < 4.78 is 11.6. The van der Waals surface area contributed by atoms with Crippen LogP contribution in [0.1, 0.15) is 44.7 Å². The van der Waals surface area contributed by atoms with E-state index in [9.17, 15) is 14.7 Å². The van der Waals surface area contributed by atoms with E-state index in [2.05, 4.69) is 20.9 Å². The van der Waals surface area contributed by atoms with Crippen LogP contribution in [0.5, 0.6) is 11.5 Å². The molecule has 1 saturated heterocycles. The average Bonchev–Trinajstić information content (AvgIpc) is 3.51. The molecule has 0 bridgehead atoms. The summed E-state index contributed by atoms with van der Waals surface area (Å²) >= 11 is 0. The van der Waals surface area contributed by atoms with E-state index in [4.69, 9.17) is 9.47 Å². The summed E-state index contributed by atoms with van der Waals surface area (Å²) in [6, 6.07) is 6.63. The Morgan fingerprint density at radius 2 is 2.09 bits per heavy atom. The topological polar surface area (TPSA) is 122 Å². The van der Waals surface area contributed by atoms with Crippen molar-refractivity contribution in [1.29, 1.82) is 0 Å². The quantitative estimate of drug-likeness (QED) is 0.416. The van der Waals surface area contributed by atoms with E-state index < -0.39 is 24.1 Å². The van der Waals surface area contributed by atoms with Gasteiger partial charge in [0.05, 0.1) is 24.7 Å². The van der Waals surface area contributed by atoms with Crippen LogP contribution in [-0.4, -0.2) is 65.9 Å². The lowest BCUT2D eigenvalue weighted by molar-refractivity contribution is -0.132. The van der Waals surface area contributed by atoms with Gasteiger partial charge >= 0.3 is 0 Å². The number of hydrogen-bond acceptors (Lipinski definition) is 7. The number of pyridine rings is 1. The number of aliphatic hydroxyl groups is 1. The van der Waals surface area contributed by atoms with Gasteiger partial charge in [-0.15, -0.1) is 0 Å². The molecule has 184 valence electrons. The second-order valence-corrected chi connectivity index (χ2v) is 9.21. The number of benzene rings is 1. The molecule has 1 aliphatic heterocycles. The normalized spacial score (nSPS) is 21.6. The molecule has 2 unspecified atom stereocenters. The Labute approximate surface area is 199 Å². The van der Waals surface area contributed by atoms with E-state index in [1.807, 2.05) is 38.1 Å². The number of nitrogens with one attached hydrogen (secondary N) is 3. The predicted octanol–water partition coefficient (Wildman–Crippen LogP) is 1.59. The number of fused-ring (bicyclic) bond motifs is 1. The molecular weight excluding hydrogens is 436 g/mol. The third-order valence-electron chi connectivity index (χ3n) is 6.31. The van der Waals surface area contributed by atoms with E-state index in [1.54, 1.807) is 7.11 Å². The van der Waals surface area contributed by atoms with E-state index in [0.29, 0.717) is 25.1 Å². The van der Waals surface area contributed by atoms with Gasteiger partial charge in [0.15, 0.2) is 6.10 Å². The Morgan fingerprint density at radius 1 is 1.29 bits per heavy atom. The first-order valence-electron chi connectivity index (χ1n) is 12.0. The zero-order valence-corrected chi connectivity index (χ0v) is 20.0. The van der Waals surface area contributed by atoms with Gasteiger partial charge in [-0.3, -0.25) is 14.6 Å². The number of aliphatic hydroxyl groups excluding tert-OH is 1. The molecular formula is C25H34N4O5. The molecule has 4 atom stereocenters. The van der Waals surface area contributed by atoms with Crippen molar-refractivity contribution in [3.8, 4) is 11.5 Å². The molecule has 4 N–H and O–H groups in total.